The van der Waals surface area contributed by atoms with Gasteiger partial charge in [-0.1, -0.05) is 12.8 Å². The summed E-state index contributed by atoms with van der Waals surface area (Å²) < 4.78 is 32.0. The maximum absolute atomic E-state index is 13.5. The molecule has 0 saturated heterocycles. The van der Waals surface area contributed by atoms with Crippen molar-refractivity contribution in [2.75, 3.05) is 0 Å². The molecule has 1 aromatic carbocycles. The number of fused-ring (bicyclic) bond motifs is 1. The van der Waals surface area contributed by atoms with Crippen LogP contribution in [0.25, 0.3) is 11.1 Å². The molecule has 0 aliphatic heterocycles. The standard InChI is InChI=1S/C13H14F2N2O/c14-8-5-6-10-12(11(8)15)18-13(17-10)7-3-1-2-4-9(7)16/h5-7,9H,1-4,16H2. The van der Waals surface area contributed by atoms with E-state index in [-0.39, 0.29) is 17.5 Å². The molecular weight excluding hydrogens is 238 g/mol. The van der Waals surface area contributed by atoms with Gasteiger partial charge in [0.2, 0.25) is 5.82 Å². The predicted molar refractivity (Wildman–Crippen MR) is 63.1 cm³/mol. The van der Waals surface area contributed by atoms with Crippen molar-refractivity contribution < 1.29 is 13.2 Å². The molecule has 2 aromatic rings. The lowest BCUT2D eigenvalue weighted by Gasteiger charge is -2.25. The van der Waals surface area contributed by atoms with Crippen molar-refractivity contribution >= 4 is 11.1 Å². The molecule has 1 aromatic heterocycles. The van der Waals surface area contributed by atoms with E-state index in [2.05, 4.69) is 4.98 Å². The van der Waals surface area contributed by atoms with E-state index in [9.17, 15) is 8.78 Å². The molecule has 0 bridgehead atoms. The van der Waals surface area contributed by atoms with Crippen LogP contribution in [0.4, 0.5) is 8.78 Å². The third-order valence-corrected chi connectivity index (χ3v) is 3.60. The molecule has 2 unspecified atom stereocenters. The van der Waals surface area contributed by atoms with Gasteiger partial charge in [-0.25, -0.2) is 9.37 Å². The predicted octanol–water partition coefficient (Wildman–Crippen LogP) is 3.09. The molecule has 2 atom stereocenters. The van der Waals surface area contributed by atoms with Gasteiger partial charge in [-0.05, 0) is 25.0 Å². The van der Waals surface area contributed by atoms with Gasteiger partial charge in [0.25, 0.3) is 0 Å². The van der Waals surface area contributed by atoms with Crippen LogP contribution < -0.4 is 5.73 Å². The lowest BCUT2D eigenvalue weighted by atomic mass is 9.85. The Morgan fingerprint density at radius 3 is 2.78 bits per heavy atom. The smallest absolute Gasteiger partial charge is 0.203 e. The number of benzene rings is 1. The van der Waals surface area contributed by atoms with Gasteiger partial charge in [0.15, 0.2) is 17.3 Å². The molecule has 1 saturated carbocycles. The van der Waals surface area contributed by atoms with Crippen LogP contribution in [0, 0.1) is 11.6 Å². The fourth-order valence-corrected chi connectivity index (χ4v) is 2.58. The van der Waals surface area contributed by atoms with E-state index in [1.165, 1.54) is 6.07 Å². The lowest BCUT2D eigenvalue weighted by Crippen LogP contribution is -2.31. The highest BCUT2D eigenvalue weighted by Crippen LogP contribution is 2.33. The Morgan fingerprint density at radius 2 is 2.00 bits per heavy atom. The van der Waals surface area contributed by atoms with E-state index < -0.39 is 11.6 Å². The molecule has 0 amide bonds. The van der Waals surface area contributed by atoms with Crippen molar-refractivity contribution in [2.24, 2.45) is 5.73 Å². The second-order valence-corrected chi connectivity index (χ2v) is 4.82. The Kier molecular flexibility index (Phi) is 2.78. The number of hydrogen-bond donors (Lipinski definition) is 1. The van der Waals surface area contributed by atoms with Crippen LogP contribution in [0.15, 0.2) is 16.5 Å². The van der Waals surface area contributed by atoms with Crippen LogP contribution in [-0.4, -0.2) is 11.0 Å². The molecule has 96 valence electrons. The Hall–Kier alpha value is -1.49. The molecule has 1 fully saturated rings. The van der Waals surface area contributed by atoms with E-state index in [0.29, 0.717) is 11.4 Å². The van der Waals surface area contributed by atoms with Crippen molar-refractivity contribution in [1.82, 2.24) is 4.98 Å². The summed E-state index contributed by atoms with van der Waals surface area (Å²) in [5.41, 5.74) is 6.27. The summed E-state index contributed by atoms with van der Waals surface area (Å²) in [6, 6.07) is 2.47. The van der Waals surface area contributed by atoms with Crippen molar-refractivity contribution in [1.29, 1.82) is 0 Å². The van der Waals surface area contributed by atoms with Crippen LogP contribution in [0.3, 0.4) is 0 Å². The number of oxazole rings is 1. The second-order valence-electron chi connectivity index (χ2n) is 4.82. The minimum atomic E-state index is -0.976. The monoisotopic (exact) mass is 252 g/mol. The number of halogens is 2. The van der Waals surface area contributed by atoms with Gasteiger partial charge >= 0.3 is 0 Å². The minimum absolute atomic E-state index is 0.00797. The quantitative estimate of drug-likeness (QED) is 0.848. The topological polar surface area (TPSA) is 52.0 Å². The van der Waals surface area contributed by atoms with Crippen LogP contribution in [-0.2, 0) is 0 Å². The molecule has 2 N–H and O–H groups in total. The fourth-order valence-electron chi connectivity index (χ4n) is 2.58. The van der Waals surface area contributed by atoms with E-state index in [1.54, 1.807) is 0 Å². The Bertz CT molecular complexity index is 582. The highest BCUT2D eigenvalue weighted by atomic mass is 19.2. The van der Waals surface area contributed by atoms with Gasteiger partial charge in [-0.2, -0.15) is 4.39 Å². The zero-order valence-corrected chi connectivity index (χ0v) is 9.83. The molecular formula is C13H14F2N2O. The first-order chi connectivity index (χ1) is 8.66. The summed E-state index contributed by atoms with van der Waals surface area (Å²) >= 11 is 0. The average Bonchev–Trinajstić information content (AvgIpc) is 2.79. The van der Waals surface area contributed by atoms with Crippen LogP contribution in [0.5, 0.6) is 0 Å². The molecule has 0 spiro atoms. The van der Waals surface area contributed by atoms with Gasteiger partial charge in [-0.15, -0.1) is 0 Å². The van der Waals surface area contributed by atoms with Crippen molar-refractivity contribution in [2.45, 2.75) is 37.6 Å². The summed E-state index contributed by atoms with van der Waals surface area (Å²) in [4.78, 5) is 4.24. The number of aromatic nitrogens is 1. The number of nitrogens with zero attached hydrogens (tertiary/aromatic N) is 1. The number of hydrogen-bond acceptors (Lipinski definition) is 3. The number of nitrogens with two attached hydrogens (primary N) is 1. The molecule has 1 aliphatic carbocycles. The molecule has 1 heterocycles. The summed E-state index contributed by atoms with van der Waals surface area (Å²) in [5, 5.41) is 0. The number of rotatable bonds is 1. The van der Waals surface area contributed by atoms with Gasteiger partial charge in [0.1, 0.15) is 5.52 Å². The Morgan fingerprint density at radius 1 is 1.22 bits per heavy atom. The summed E-state index contributed by atoms with van der Waals surface area (Å²) in [6.45, 7) is 0. The van der Waals surface area contributed by atoms with E-state index >= 15 is 0 Å². The molecule has 1 aliphatic rings. The summed E-state index contributed by atoms with van der Waals surface area (Å²) in [7, 11) is 0. The van der Waals surface area contributed by atoms with Gasteiger partial charge in [0, 0.05) is 6.04 Å². The summed E-state index contributed by atoms with van der Waals surface area (Å²) in [6.07, 6.45) is 3.97. The van der Waals surface area contributed by atoms with Crippen LogP contribution in [0.2, 0.25) is 0 Å². The average molecular weight is 252 g/mol. The fraction of sp³-hybridized carbons (Fsp3) is 0.462. The first-order valence-electron chi connectivity index (χ1n) is 6.17. The SMILES string of the molecule is NC1CCCCC1c1nc2ccc(F)c(F)c2o1. The lowest BCUT2D eigenvalue weighted by molar-refractivity contribution is 0.330. The van der Waals surface area contributed by atoms with Crippen molar-refractivity contribution in [3.05, 3.63) is 29.7 Å². The zero-order chi connectivity index (χ0) is 12.7. The van der Waals surface area contributed by atoms with Crippen LogP contribution >= 0.6 is 0 Å². The highest BCUT2D eigenvalue weighted by molar-refractivity contribution is 5.73. The normalized spacial score (nSPS) is 24.6. The summed E-state index contributed by atoms with van der Waals surface area (Å²) in [5.74, 6) is -1.45. The largest absolute Gasteiger partial charge is 0.437 e. The van der Waals surface area contributed by atoms with E-state index in [4.69, 9.17) is 10.2 Å². The van der Waals surface area contributed by atoms with E-state index in [1.807, 2.05) is 0 Å². The molecule has 3 rings (SSSR count). The highest BCUT2D eigenvalue weighted by Gasteiger charge is 2.28. The third-order valence-electron chi connectivity index (χ3n) is 3.60. The minimum Gasteiger partial charge on any atom is -0.437 e. The first-order valence-corrected chi connectivity index (χ1v) is 6.17. The Balaban J connectivity index is 2.05. The second kappa shape index (κ2) is 4.31. The van der Waals surface area contributed by atoms with E-state index in [0.717, 1.165) is 31.7 Å². The van der Waals surface area contributed by atoms with Gasteiger partial charge in [0.05, 0.1) is 5.92 Å². The maximum Gasteiger partial charge on any atom is 0.203 e. The third kappa shape index (κ3) is 1.79. The first kappa shape index (κ1) is 11.6. The molecule has 3 nitrogen and oxygen atoms in total. The van der Waals surface area contributed by atoms with Gasteiger partial charge in [-0.3, -0.25) is 0 Å². The molecule has 5 heteroatoms. The van der Waals surface area contributed by atoms with Crippen LogP contribution in [0.1, 0.15) is 37.5 Å². The molecule has 0 radical (unpaired) electrons. The van der Waals surface area contributed by atoms with Crippen molar-refractivity contribution in [3.8, 4) is 0 Å². The maximum atomic E-state index is 13.5. The molecule has 18 heavy (non-hydrogen) atoms. The Labute approximate surface area is 103 Å². The van der Waals surface area contributed by atoms with Crippen molar-refractivity contribution in [3.63, 3.8) is 0 Å². The van der Waals surface area contributed by atoms with Gasteiger partial charge < -0.3 is 10.2 Å². The zero-order valence-electron chi connectivity index (χ0n) is 9.83.